The fraction of sp³-hybridized carbons (Fsp3) is 0.933. The van der Waals surface area contributed by atoms with Crippen LogP contribution >= 0.6 is 15.9 Å². The summed E-state index contributed by atoms with van der Waals surface area (Å²) in [6.07, 6.45) is 5.71. The summed E-state index contributed by atoms with van der Waals surface area (Å²) in [6, 6.07) is 0. The van der Waals surface area contributed by atoms with Gasteiger partial charge in [0.2, 0.25) is 0 Å². The van der Waals surface area contributed by atoms with Crippen molar-refractivity contribution in [1.29, 1.82) is 0 Å². The van der Waals surface area contributed by atoms with Crippen LogP contribution in [0.25, 0.3) is 0 Å². The van der Waals surface area contributed by atoms with E-state index in [9.17, 15) is 4.79 Å². The predicted octanol–water partition coefficient (Wildman–Crippen LogP) is 3.72. The molecule has 2 rings (SSSR count). The summed E-state index contributed by atoms with van der Waals surface area (Å²) in [5.74, 6) is 0. The first-order valence-corrected chi connectivity index (χ1v) is 8.67. The molecule has 5 heteroatoms. The predicted molar refractivity (Wildman–Crippen MR) is 82.3 cm³/mol. The van der Waals surface area contributed by atoms with E-state index in [1.807, 2.05) is 20.8 Å². The number of halogens is 1. The molecule has 4 nitrogen and oxygen atoms in total. The van der Waals surface area contributed by atoms with Gasteiger partial charge in [-0.3, -0.25) is 0 Å². The van der Waals surface area contributed by atoms with Gasteiger partial charge in [-0.25, -0.2) is 4.79 Å². The van der Waals surface area contributed by atoms with Gasteiger partial charge < -0.3 is 14.4 Å². The van der Waals surface area contributed by atoms with Gasteiger partial charge in [-0.05, 0) is 52.9 Å². The highest BCUT2D eigenvalue weighted by molar-refractivity contribution is 9.09. The number of carbonyl (C=O) groups is 1. The Hall–Kier alpha value is -0.290. The summed E-state index contributed by atoms with van der Waals surface area (Å²) < 4.78 is 11.8. The van der Waals surface area contributed by atoms with Crippen LogP contribution in [0.15, 0.2) is 0 Å². The van der Waals surface area contributed by atoms with Crippen LogP contribution in [0.2, 0.25) is 0 Å². The highest BCUT2D eigenvalue weighted by atomic mass is 79.9. The quantitative estimate of drug-likeness (QED) is 0.730. The molecule has 2 fully saturated rings. The zero-order chi connectivity index (χ0) is 14.8. The average Bonchev–Trinajstić information content (AvgIpc) is 2.32. The lowest BCUT2D eigenvalue weighted by Gasteiger charge is -2.45. The number of carbonyl (C=O) groups excluding carboxylic acids is 1. The number of piperidine rings is 1. The summed E-state index contributed by atoms with van der Waals surface area (Å²) in [5.41, 5.74) is -0.680. The minimum Gasteiger partial charge on any atom is -0.444 e. The van der Waals surface area contributed by atoms with Crippen LogP contribution < -0.4 is 0 Å². The van der Waals surface area contributed by atoms with Gasteiger partial charge in [0, 0.05) is 11.9 Å². The summed E-state index contributed by atoms with van der Waals surface area (Å²) in [4.78, 5) is 14.0. The van der Waals surface area contributed by atoms with Crippen LogP contribution in [0.5, 0.6) is 0 Å². The van der Waals surface area contributed by atoms with Gasteiger partial charge in [0.15, 0.2) is 0 Å². The molecule has 0 N–H and O–H groups in total. The Morgan fingerprint density at radius 1 is 1.35 bits per heavy atom. The maximum atomic E-state index is 12.2. The molecule has 0 aromatic rings. The Morgan fingerprint density at radius 3 is 2.55 bits per heavy atom. The first-order valence-electron chi connectivity index (χ1n) is 7.55. The van der Waals surface area contributed by atoms with E-state index in [1.54, 1.807) is 4.90 Å². The Bertz CT molecular complexity index is 352. The smallest absolute Gasteiger partial charge is 0.410 e. The average molecular weight is 348 g/mol. The van der Waals surface area contributed by atoms with Gasteiger partial charge in [0.25, 0.3) is 0 Å². The van der Waals surface area contributed by atoms with Crippen molar-refractivity contribution in [2.45, 2.75) is 70.2 Å². The van der Waals surface area contributed by atoms with Gasteiger partial charge >= 0.3 is 6.09 Å². The number of amides is 1. The highest BCUT2D eigenvalue weighted by Crippen LogP contribution is 2.34. The van der Waals surface area contributed by atoms with Crippen molar-refractivity contribution in [1.82, 2.24) is 4.90 Å². The van der Waals surface area contributed by atoms with E-state index in [1.165, 1.54) is 6.42 Å². The van der Waals surface area contributed by atoms with E-state index in [4.69, 9.17) is 9.47 Å². The van der Waals surface area contributed by atoms with Gasteiger partial charge in [0.05, 0.1) is 18.2 Å². The lowest BCUT2D eigenvalue weighted by molar-refractivity contribution is -0.134. The summed E-state index contributed by atoms with van der Waals surface area (Å²) in [7, 11) is 0. The van der Waals surface area contributed by atoms with Crippen molar-refractivity contribution in [3.05, 3.63) is 0 Å². The molecule has 1 heterocycles. The molecule has 1 atom stereocenters. The Labute approximate surface area is 130 Å². The number of nitrogens with zero attached hydrogens (tertiary/aromatic N) is 1. The second kappa shape index (κ2) is 6.22. The van der Waals surface area contributed by atoms with Crippen molar-refractivity contribution >= 4 is 22.0 Å². The molecule has 1 unspecified atom stereocenters. The molecule has 0 bridgehead atoms. The zero-order valence-corrected chi connectivity index (χ0v) is 14.4. The van der Waals surface area contributed by atoms with Crippen LogP contribution in [0, 0.1) is 0 Å². The summed E-state index contributed by atoms with van der Waals surface area (Å²) in [6.45, 7) is 7.09. The maximum Gasteiger partial charge on any atom is 0.410 e. The first-order chi connectivity index (χ1) is 9.34. The number of likely N-dealkylation sites (tertiary alicyclic amines) is 1. The zero-order valence-electron chi connectivity index (χ0n) is 12.8. The van der Waals surface area contributed by atoms with E-state index in [0.717, 1.165) is 37.6 Å². The first kappa shape index (κ1) is 16.1. The number of hydrogen-bond donors (Lipinski definition) is 0. The van der Waals surface area contributed by atoms with E-state index in [0.29, 0.717) is 12.6 Å². The van der Waals surface area contributed by atoms with Gasteiger partial charge in [0.1, 0.15) is 5.60 Å². The third-order valence-electron chi connectivity index (χ3n) is 3.90. The van der Waals surface area contributed by atoms with Crippen LogP contribution in [0.4, 0.5) is 4.79 Å². The van der Waals surface area contributed by atoms with Crippen LogP contribution in [-0.4, -0.2) is 46.7 Å². The normalized spacial score (nSPS) is 28.1. The van der Waals surface area contributed by atoms with Crippen molar-refractivity contribution in [3.8, 4) is 0 Å². The molecular formula is C15H26BrNO3. The third kappa shape index (κ3) is 4.10. The number of hydrogen-bond acceptors (Lipinski definition) is 3. The SMILES string of the molecule is CC(C)(C)OC(=O)N1CCCC(CBr)(OC2CCC2)C1. The molecule has 0 radical (unpaired) electrons. The van der Waals surface area contributed by atoms with Crippen molar-refractivity contribution in [2.24, 2.45) is 0 Å². The van der Waals surface area contributed by atoms with Crippen LogP contribution in [0.3, 0.4) is 0 Å². The lowest BCUT2D eigenvalue weighted by atomic mass is 9.91. The monoisotopic (exact) mass is 347 g/mol. The lowest BCUT2D eigenvalue weighted by Crippen LogP contribution is -2.55. The van der Waals surface area contributed by atoms with Crippen molar-refractivity contribution < 1.29 is 14.3 Å². The van der Waals surface area contributed by atoms with Crippen LogP contribution in [-0.2, 0) is 9.47 Å². The third-order valence-corrected chi connectivity index (χ3v) is 4.93. The van der Waals surface area contributed by atoms with Crippen molar-refractivity contribution in [2.75, 3.05) is 18.4 Å². The standard InChI is InChI=1S/C15H26BrNO3/c1-14(2,3)20-13(18)17-9-5-8-15(10-16,11-17)19-12-6-4-7-12/h12H,4-11H2,1-3H3. The second-order valence-electron chi connectivity index (χ2n) is 6.99. The molecule has 0 spiro atoms. The van der Waals surface area contributed by atoms with E-state index < -0.39 is 5.60 Å². The van der Waals surface area contributed by atoms with Gasteiger partial charge in [-0.2, -0.15) is 0 Å². The Balaban J connectivity index is 1.96. The van der Waals surface area contributed by atoms with Crippen LogP contribution in [0.1, 0.15) is 52.9 Å². The Morgan fingerprint density at radius 2 is 2.05 bits per heavy atom. The van der Waals surface area contributed by atoms with Crippen molar-refractivity contribution in [3.63, 3.8) is 0 Å². The number of ether oxygens (including phenoxy) is 2. The molecule has 0 aromatic heterocycles. The van der Waals surface area contributed by atoms with Gasteiger partial charge in [-0.1, -0.05) is 15.9 Å². The van der Waals surface area contributed by atoms with E-state index >= 15 is 0 Å². The molecule has 2 aliphatic rings. The molecule has 1 aliphatic carbocycles. The molecule has 20 heavy (non-hydrogen) atoms. The fourth-order valence-electron chi connectivity index (χ4n) is 2.66. The Kier molecular flexibility index (Phi) is 5.00. The second-order valence-corrected chi connectivity index (χ2v) is 7.55. The van der Waals surface area contributed by atoms with Gasteiger partial charge in [-0.15, -0.1) is 0 Å². The molecule has 116 valence electrons. The van der Waals surface area contributed by atoms with E-state index in [-0.39, 0.29) is 11.7 Å². The summed E-state index contributed by atoms with van der Waals surface area (Å²) >= 11 is 3.58. The topological polar surface area (TPSA) is 38.8 Å². The number of alkyl halides is 1. The fourth-order valence-corrected chi connectivity index (χ4v) is 3.25. The molecule has 1 amide bonds. The minimum atomic E-state index is -0.444. The highest BCUT2D eigenvalue weighted by Gasteiger charge is 2.41. The molecular weight excluding hydrogens is 322 g/mol. The van der Waals surface area contributed by atoms with E-state index in [2.05, 4.69) is 15.9 Å². The maximum absolute atomic E-state index is 12.2. The largest absolute Gasteiger partial charge is 0.444 e. The molecule has 1 saturated heterocycles. The molecule has 1 aliphatic heterocycles. The number of rotatable bonds is 3. The molecule has 1 saturated carbocycles. The minimum absolute atomic E-state index is 0.222. The molecule has 0 aromatic carbocycles. The summed E-state index contributed by atoms with van der Waals surface area (Å²) in [5, 5.41) is 0.774.